The van der Waals surface area contributed by atoms with Crippen LogP contribution in [-0.4, -0.2) is 12.1 Å². The van der Waals surface area contributed by atoms with Gasteiger partial charge in [0.2, 0.25) is 0 Å². The summed E-state index contributed by atoms with van der Waals surface area (Å²) in [6.45, 7) is 4.82. The predicted molar refractivity (Wildman–Crippen MR) is 66.0 cm³/mol. The molecule has 3 atom stereocenters. The molecular weight excluding hydrogens is 182 g/mol. The van der Waals surface area contributed by atoms with Crippen molar-refractivity contribution in [2.75, 3.05) is 0 Å². The van der Waals surface area contributed by atoms with Gasteiger partial charge in [0.25, 0.3) is 0 Å². The van der Waals surface area contributed by atoms with Crippen molar-refractivity contribution in [3.8, 4) is 0 Å². The average Bonchev–Trinajstić information content (AvgIpc) is 2.98. The van der Waals surface area contributed by atoms with Gasteiger partial charge in [0, 0.05) is 12.1 Å². The topological polar surface area (TPSA) is 12.0 Å². The summed E-state index contributed by atoms with van der Waals surface area (Å²) in [6, 6.07) is 1.56. The Morgan fingerprint density at radius 1 is 1.07 bits per heavy atom. The molecule has 2 saturated carbocycles. The summed E-state index contributed by atoms with van der Waals surface area (Å²) in [4.78, 5) is 0. The van der Waals surface area contributed by atoms with Crippen molar-refractivity contribution < 1.29 is 0 Å². The smallest absolute Gasteiger partial charge is 0.00951 e. The molecule has 0 aromatic rings. The van der Waals surface area contributed by atoms with Gasteiger partial charge in [-0.3, -0.25) is 0 Å². The second-order valence-corrected chi connectivity index (χ2v) is 5.97. The van der Waals surface area contributed by atoms with E-state index in [9.17, 15) is 0 Å². The molecule has 0 radical (unpaired) electrons. The molecule has 0 aromatic carbocycles. The van der Waals surface area contributed by atoms with Crippen LogP contribution in [0.4, 0.5) is 0 Å². The molecule has 0 heterocycles. The molecule has 2 rings (SSSR count). The number of hydrogen-bond donors (Lipinski definition) is 1. The lowest BCUT2D eigenvalue weighted by molar-refractivity contribution is 0.315. The van der Waals surface area contributed by atoms with Crippen LogP contribution in [0.15, 0.2) is 0 Å². The fraction of sp³-hybridized carbons (Fsp3) is 1.00. The molecule has 2 fully saturated rings. The van der Waals surface area contributed by atoms with E-state index in [4.69, 9.17) is 0 Å². The zero-order chi connectivity index (χ0) is 10.7. The van der Waals surface area contributed by atoms with Crippen LogP contribution in [0.2, 0.25) is 0 Å². The zero-order valence-electron chi connectivity index (χ0n) is 10.5. The lowest BCUT2D eigenvalue weighted by Gasteiger charge is -2.27. The molecule has 0 saturated heterocycles. The Morgan fingerprint density at radius 2 is 1.80 bits per heavy atom. The highest BCUT2D eigenvalue weighted by Gasteiger charge is 2.26. The van der Waals surface area contributed by atoms with Gasteiger partial charge in [-0.2, -0.15) is 0 Å². The summed E-state index contributed by atoms with van der Waals surface area (Å²) in [6.07, 6.45) is 11.6. The highest BCUT2D eigenvalue weighted by atomic mass is 15.0. The minimum atomic E-state index is 0.753. The van der Waals surface area contributed by atoms with Crippen LogP contribution in [-0.2, 0) is 0 Å². The molecule has 2 aliphatic rings. The molecule has 15 heavy (non-hydrogen) atoms. The van der Waals surface area contributed by atoms with Gasteiger partial charge in [-0.1, -0.05) is 39.0 Å². The fourth-order valence-electron chi connectivity index (χ4n) is 3.03. The first-order valence-electron chi connectivity index (χ1n) is 7.01. The van der Waals surface area contributed by atoms with Crippen molar-refractivity contribution in [3.05, 3.63) is 0 Å². The summed E-state index contributed by atoms with van der Waals surface area (Å²) < 4.78 is 0. The van der Waals surface area contributed by atoms with E-state index in [1.54, 1.807) is 0 Å². The van der Waals surface area contributed by atoms with Crippen LogP contribution < -0.4 is 5.32 Å². The Kier molecular flexibility index (Phi) is 4.07. The first kappa shape index (κ1) is 11.4. The van der Waals surface area contributed by atoms with Gasteiger partial charge in [0.15, 0.2) is 0 Å². The third-order valence-electron chi connectivity index (χ3n) is 4.24. The van der Waals surface area contributed by atoms with Crippen molar-refractivity contribution in [3.63, 3.8) is 0 Å². The summed E-state index contributed by atoms with van der Waals surface area (Å²) in [7, 11) is 0. The first-order chi connectivity index (χ1) is 7.25. The average molecular weight is 209 g/mol. The molecule has 2 aliphatic carbocycles. The van der Waals surface area contributed by atoms with Crippen molar-refractivity contribution in [1.29, 1.82) is 0 Å². The van der Waals surface area contributed by atoms with Crippen molar-refractivity contribution in [2.45, 2.75) is 77.3 Å². The van der Waals surface area contributed by atoms with Gasteiger partial charge in [-0.05, 0) is 38.0 Å². The van der Waals surface area contributed by atoms with Crippen LogP contribution in [0.5, 0.6) is 0 Å². The quantitative estimate of drug-likeness (QED) is 0.696. The lowest BCUT2D eigenvalue weighted by atomic mass is 9.95. The Hall–Kier alpha value is -0.0400. The molecular formula is C14H27N. The molecule has 0 amide bonds. The van der Waals surface area contributed by atoms with E-state index in [1.807, 2.05) is 0 Å². The van der Waals surface area contributed by atoms with E-state index in [0.717, 1.165) is 23.9 Å². The number of rotatable bonds is 4. The Bertz CT molecular complexity index is 186. The van der Waals surface area contributed by atoms with Crippen molar-refractivity contribution in [1.82, 2.24) is 5.32 Å². The summed E-state index contributed by atoms with van der Waals surface area (Å²) in [5.41, 5.74) is 0. The Balaban J connectivity index is 1.74. The lowest BCUT2D eigenvalue weighted by Crippen LogP contribution is -2.40. The van der Waals surface area contributed by atoms with Crippen LogP contribution in [0.1, 0.15) is 65.2 Å². The molecule has 0 aliphatic heterocycles. The first-order valence-corrected chi connectivity index (χ1v) is 7.01. The number of hydrogen-bond acceptors (Lipinski definition) is 1. The van der Waals surface area contributed by atoms with Gasteiger partial charge in [-0.15, -0.1) is 0 Å². The Labute approximate surface area is 95.0 Å². The zero-order valence-corrected chi connectivity index (χ0v) is 10.5. The highest BCUT2D eigenvalue weighted by Crippen LogP contribution is 2.34. The molecule has 88 valence electrons. The van der Waals surface area contributed by atoms with E-state index in [2.05, 4.69) is 19.2 Å². The summed E-state index contributed by atoms with van der Waals surface area (Å²) in [5, 5.41) is 3.88. The monoisotopic (exact) mass is 209 g/mol. The van der Waals surface area contributed by atoms with Crippen LogP contribution >= 0.6 is 0 Å². The molecule has 0 bridgehead atoms. The van der Waals surface area contributed by atoms with Gasteiger partial charge >= 0.3 is 0 Å². The second-order valence-electron chi connectivity index (χ2n) is 5.97. The Morgan fingerprint density at radius 3 is 2.53 bits per heavy atom. The van der Waals surface area contributed by atoms with Crippen LogP contribution in [0.3, 0.4) is 0 Å². The maximum atomic E-state index is 3.88. The fourth-order valence-corrected chi connectivity index (χ4v) is 3.03. The summed E-state index contributed by atoms with van der Waals surface area (Å²) in [5.74, 6) is 1.96. The largest absolute Gasteiger partial charge is 0.311 e. The predicted octanol–water partition coefficient (Wildman–Crippen LogP) is 3.73. The van der Waals surface area contributed by atoms with Gasteiger partial charge in [-0.25, -0.2) is 0 Å². The molecule has 3 unspecified atom stereocenters. The SMILES string of the molecule is CC(CC1CC1)NC1CCCCCC1C. The number of nitrogens with one attached hydrogen (secondary N) is 1. The maximum Gasteiger partial charge on any atom is 0.00951 e. The van der Waals surface area contributed by atoms with E-state index in [1.165, 1.54) is 51.4 Å². The molecule has 0 aromatic heterocycles. The maximum absolute atomic E-state index is 3.88. The van der Waals surface area contributed by atoms with E-state index < -0.39 is 0 Å². The molecule has 1 heteroatoms. The molecule has 1 N–H and O–H groups in total. The van der Waals surface area contributed by atoms with Gasteiger partial charge < -0.3 is 5.32 Å². The standard InChI is InChI=1S/C14H27N/c1-11-6-4-3-5-7-14(11)15-12(2)10-13-8-9-13/h11-15H,3-10H2,1-2H3. The highest BCUT2D eigenvalue weighted by molar-refractivity contribution is 4.83. The third-order valence-corrected chi connectivity index (χ3v) is 4.24. The van der Waals surface area contributed by atoms with Crippen molar-refractivity contribution in [2.24, 2.45) is 11.8 Å². The van der Waals surface area contributed by atoms with Crippen LogP contribution in [0, 0.1) is 11.8 Å². The third kappa shape index (κ3) is 3.79. The minimum Gasteiger partial charge on any atom is -0.311 e. The van der Waals surface area contributed by atoms with Gasteiger partial charge in [0.1, 0.15) is 0 Å². The molecule has 1 nitrogen and oxygen atoms in total. The van der Waals surface area contributed by atoms with E-state index in [0.29, 0.717) is 0 Å². The van der Waals surface area contributed by atoms with E-state index >= 15 is 0 Å². The van der Waals surface area contributed by atoms with Crippen molar-refractivity contribution >= 4 is 0 Å². The van der Waals surface area contributed by atoms with E-state index in [-0.39, 0.29) is 0 Å². The minimum absolute atomic E-state index is 0.753. The van der Waals surface area contributed by atoms with Gasteiger partial charge in [0.05, 0.1) is 0 Å². The summed E-state index contributed by atoms with van der Waals surface area (Å²) >= 11 is 0. The normalized spacial score (nSPS) is 34.8. The second kappa shape index (κ2) is 5.34. The molecule has 0 spiro atoms. The van der Waals surface area contributed by atoms with Crippen LogP contribution in [0.25, 0.3) is 0 Å².